The maximum atomic E-state index is 6.19. The van der Waals surface area contributed by atoms with Crippen LogP contribution >= 0.6 is 0 Å². The van der Waals surface area contributed by atoms with Crippen LogP contribution in [-0.2, 0) is 6.42 Å². The number of rotatable bonds is 12. The van der Waals surface area contributed by atoms with Crippen molar-refractivity contribution in [3.8, 4) is 0 Å². The molecule has 0 saturated heterocycles. The number of nitrogens with zero attached hydrogens (tertiary/aromatic N) is 1. The predicted octanol–water partition coefficient (Wildman–Crippen LogP) is 4.87. The summed E-state index contributed by atoms with van der Waals surface area (Å²) in [6.07, 6.45) is 18.1. The largest absolute Gasteiger partial charge is 0.328 e. The van der Waals surface area contributed by atoms with Crippen LogP contribution in [0, 0.1) is 0 Å². The van der Waals surface area contributed by atoms with Gasteiger partial charge in [0, 0.05) is 18.4 Å². The first-order valence-corrected chi connectivity index (χ1v) is 8.47. The molecule has 0 spiro atoms. The Morgan fingerprint density at radius 2 is 1.50 bits per heavy atom. The van der Waals surface area contributed by atoms with Gasteiger partial charge >= 0.3 is 0 Å². The minimum absolute atomic E-state index is 0.364. The van der Waals surface area contributed by atoms with Crippen molar-refractivity contribution in [2.45, 2.75) is 83.6 Å². The summed E-state index contributed by atoms with van der Waals surface area (Å²) in [6, 6.07) is 4.54. The number of pyridine rings is 1. The quantitative estimate of drug-likeness (QED) is 0.553. The average molecular weight is 276 g/mol. The molecule has 1 rings (SSSR count). The Morgan fingerprint density at radius 3 is 2.15 bits per heavy atom. The van der Waals surface area contributed by atoms with Gasteiger partial charge in [0.2, 0.25) is 0 Å². The molecule has 0 saturated carbocycles. The van der Waals surface area contributed by atoms with Gasteiger partial charge in [0.05, 0.1) is 0 Å². The molecule has 0 fully saturated rings. The molecule has 0 amide bonds. The zero-order chi connectivity index (χ0) is 14.5. The maximum Gasteiger partial charge on any atom is 0.0270 e. The Balaban J connectivity index is 1.91. The zero-order valence-electron chi connectivity index (χ0n) is 13.2. The van der Waals surface area contributed by atoms with E-state index in [1.165, 1.54) is 63.4 Å². The summed E-state index contributed by atoms with van der Waals surface area (Å²) < 4.78 is 0. The third-order valence-corrected chi connectivity index (χ3v) is 3.98. The molecule has 20 heavy (non-hydrogen) atoms. The fraction of sp³-hybridized carbons (Fsp3) is 0.722. The van der Waals surface area contributed by atoms with Crippen molar-refractivity contribution in [1.29, 1.82) is 0 Å². The van der Waals surface area contributed by atoms with Crippen LogP contribution in [0.5, 0.6) is 0 Å². The van der Waals surface area contributed by atoms with Crippen LogP contribution in [0.25, 0.3) is 0 Å². The summed E-state index contributed by atoms with van der Waals surface area (Å²) in [4.78, 5) is 4.04. The fourth-order valence-electron chi connectivity index (χ4n) is 2.59. The van der Waals surface area contributed by atoms with Gasteiger partial charge in [-0.05, 0) is 37.0 Å². The number of nitrogens with two attached hydrogens (primary N) is 1. The summed E-state index contributed by atoms with van der Waals surface area (Å²) in [7, 11) is 0. The van der Waals surface area contributed by atoms with E-state index in [1.807, 2.05) is 12.4 Å². The van der Waals surface area contributed by atoms with Crippen molar-refractivity contribution in [2.24, 2.45) is 5.73 Å². The molecule has 2 N–H and O–H groups in total. The molecule has 0 aliphatic heterocycles. The zero-order valence-corrected chi connectivity index (χ0v) is 13.2. The molecule has 1 atom stereocenters. The summed E-state index contributed by atoms with van der Waals surface area (Å²) in [5.41, 5.74) is 7.54. The van der Waals surface area contributed by atoms with Crippen LogP contribution in [0.4, 0.5) is 0 Å². The van der Waals surface area contributed by atoms with Gasteiger partial charge in [0.25, 0.3) is 0 Å². The van der Waals surface area contributed by atoms with Crippen LogP contribution < -0.4 is 5.73 Å². The number of hydrogen-bond acceptors (Lipinski definition) is 2. The predicted molar refractivity (Wildman–Crippen MR) is 87.8 cm³/mol. The number of aromatic nitrogens is 1. The van der Waals surface area contributed by atoms with Gasteiger partial charge in [0.1, 0.15) is 0 Å². The fourth-order valence-corrected chi connectivity index (χ4v) is 2.59. The second-order valence-electron chi connectivity index (χ2n) is 5.92. The van der Waals surface area contributed by atoms with Crippen molar-refractivity contribution in [1.82, 2.24) is 4.98 Å². The second-order valence-corrected chi connectivity index (χ2v) is 5.92. The van der Waals surface area contributed by atoms with Crippen molar-refractivity contribution < 1.29 is 0 Å². The summed E-state index contributed by atoms with van der Waals surface area (Å²) in [5.74, 6) is 0. The standard InChI is InChI=1S/C18H32N2/c1-2-3-4-5-6-7-8-9-10-18(19)12-11-17-13-15-20-16-14-17/h13-16,18H,2-12,19H2,1H3. The highest BCUT2D eigenvalue weighted by Crippen LogP contribution is 2.12. The molecule has 0 aliphatic carbocycles. The highest BCUT2D eigenvalue weighted by atomic mass is 14.6. The third-order valence-electron chi connectivity index (χ3n) is 3.98. The van der Waals surface area contributed by atoms with Crippen molar-refractivity contribution in [3.05, 3.63) is 30.1 Å². The summed E-state index contributed by atoms with van der Waals surface area (Å²) in [5, 5.41) is 0. The molecule has 2 heteroatoms. The van der Waals surface area contributed by atoms with Crippen molar-refractivity contribution in [2.75, 3.05) is 0 Å². The molecule has 114 valence electrons. The highest BCUT2D eigenvalue weighted by molar-refractivity contribution is 5.09. The van der Waals surface area contributed by atoms with Crippen molar-refractivity contribution in [3.63, 3.8) is 0 Å². The molecule has 0 radical (unpaired) electrons. The first-order chi connectivity index (χ1) is 9.83. The minimum Gasteiger partial charge on any atom is -0.328 e. The van der Waals surface area contributed by atoms with Crippen LogP contribution in [0.2, 0.25) is 0 Å². The lowest BCUT2D eigenvalue weighted by molar-refractivity contribution is 0.508. The van der Waals surface area contributed by atoms with Gasteiger partial charge in [-0.3, -0.25) is 4.98 Å². The Kier molecular flexibility index (Phi) is 10.2. The van der Waals surface area contributed by atoms with Gasteiger partial charge < -0.3 is 5.73 Å². The highest BCUT2D eigenvalue weighted by Gasteiger charge is 2.03. The maximum absolute atomic E-state index is 6.19. The first-order valence-electron chi connectivity index (χ1n) is 8.47. The number of hydrogen-bond donors (Lipinski definition) is 1. The molecule has 1 heterocycles. The van der Waals surface area contributed by atoms with E-state index < -0.39 is 0 Å². The van der Waals surface area contributed by atoms with Crippen LogP contribution in [-0.4, -0.2) is 11.0 Å². The van der Waals surface area contributed by atoms with E-state index >= 15 is 0 Å². The SMILES string of the molecule is CCCCCCCCCCC(N)CCc1ccncc1. The van der Waals surface area contributed by atoms with Gasteiger partial charge in [-0.1, -0.05) is 58.3 Å². The molecule has 1 aromatic rings. The van der Waals surface area contributed by atoms with Gasteiger partial charge in [0.15, 0.2) is 0 Å². The molecule has 1 unspecified atom stereocenters. The first kappa shape index (κ1) is 17.2. The van der Waals surface area contributed by atoms with Gasteiger partial charge in [-0.15, -0.1) is 0 Å². The lowest BCUT2D eigenvalue weighted by Gasteiger charge is -2.11. The molecule has 0 bridgehead atoms. The van der Waals surface area contributed by atoms with Crippen molar-refractivity contribution >= 4 is 0 Å². The Labute approximate surface area is 125 Å². The molecule has 2 nitrogen and oxygen atoms in total. The summed E-state index contributed by atoms with van der Waals surface area (Å²) in [6.45, 7) is 2.27. The van der Waals surface area contributed by atoms with E-state index in [4.69, 9.17) is 5.73 Å². The Bertz CT molecular complexity index is 310. The van der Waals surface area contributed by atoms with E-state index in [0.29, 0.717) is 6.04 Å². The molecule has 0 aromatic carbocycles. The normalized spacial score (nSPS) is 12.5. The second kappa shape index (κ2) is 11.9. The molecule has 1 aromatic heterocycles. The van der Waals surface area contributed by atoms with E-state index in [-0.39, 0.29) is 0 Å². The topological polar surface area (TPSA) is 38.9 Å². The summed E-state index contributed by atoms with van der Waals surface area (Å²) >= 11 is 0. The third kappa shape index (κ3) is 9.08. The molecular formula is C18H32N2. The van der Waals surface area contributed by atoms with Crippen LogP contribution in [0.3, 0.4) is 0 Å². The molecule has 0 aliphatic rings. The van der Waals surface area contributed by atoms with E-state index in [2.05, 4.69) is 24.0 Å². The lowest BCUT2D eigenvalue weighted by atomic mass is 10.0. The molecular weight excluding hydrogens is 244 g/mol. The number of aryl methyl sites for hydroxylation is 1. The van der Waals surface area contributed by atoms with E-state index in [0.717, 1.165) is 12.8 Å². The van der Waals surface area contributed by atoms with Crippen LogP contribution in [0.15, 0.2) is 24.5 Å². The smallest absolute Gasteiger partial charge is 0.0270 e. The number of unbranched alkanes of at least 4 members (excludes halogenated alkanes) is 7. The van der Waals surface area contributed by atoms with E-state index in [1.54, 1.807) is 0 Å². The van der Waals surface area contributed by atoms with Gasteiger partial charge in [-0.25, -0.2) is 0 Å². The van der Waals surface area contributed by atoms with E-state index in [9.17, 15) is 0 Å². The van der Waals surface area contributed by atoms with Crippen LogP contribution in [0.1, 0.15) is 76.7 Å². The Hall–Kier alpha value is -0.890. The lowest BCUT2D eigenvalue weighted by Crippen LogP contribution is -2.20. The Morgan fingerprint density at radius 1 is 0.900 bits per heavy atom. The average Bonchev–Trinajstić information content (AvgIpc) is 2.49. The monoisotopic (exact) mass is 276 g/mol. The van der Waals surface area contributed by atoms with Gasteiger partial charge in [-0.2, -0.15) is 0 Å². The minimum atomic E-state index is 0.364.